The highest BCUT2D eigenvalue weighted by Crippen LogP contribution is 2.15. The summed E-state index contributed by atoms with van der Waals surface area (Å²) in [6.07, 6.45) is 1.36. The molecule has 0 aliphatic heterocycles. The third-order valence-corrected chi connectivity index (χ3v) is 3.13. The molecule has 0 aromatic carbocycles. The number of amides is 2. The molecule has 0 aromatic heterocycles. The molecule has 0 bridgehead atoms. The predicted octanol–water partition coefficient (Wildman–Crippen LogP) is 2.74. The molecule has 1 N–H and O–H groups in total. The number of rotatable bonds is 7. The summed E-state index contributed by atoms with van der Waals surface area (Å²) in [6.45, 7) is 8.23. The van der Waals surface area contributed by atoms with E-state index in [2.05, 4.69) is 45.8 Å². The van der Waals surface area contributed by atoms with Gasteiger partial charge in [0.2, 0.25) is 5.91 Å². The molecule has 0 aliphatic carbocycles. The molecule has 0 unspecified atom stereocenters. The van der Waals surface area contributed by atoms with Gasteiger partial charge in [0, 0.05) is 28.5 Å². The van der Waals surface area contributed by atoms with Crippen LogP contribution in [0.1, 0.15) is 40.5 Å². The monoisotopic (exact) mass is 360 g/mol. The Morgan fingerprint density at radius 2 is 2.00 bits per heavy atom. The fourth-order valence-corrected chi connectivity index (χ4v) is 1.76. The van der Waals surface area contributed by atoms with Crippen molar-refractivity contribution in [2.75, 3.05) is 20.2 Å². The van der Waals surface area contributed by atoms with E-state index in [1.807, 2.05) is 13.8 Å². The number of ether oxygens (including phenoxy) is 1. The minimum absolute atomic E-state index is 0.00404. The van der Waals surface area contributed by atoms with Gasteiger partial charge in [-0.2, -0.15) is 0 Å². The van der Waals surface area contributed by atoms with E-state index in [-0.39, 0.29) is 24.6 Å². The van der Waals surface area contributed by atoms with Crippen LogP contribution >= 0.6 is 15.9 Å². The number of nitrogens with one attached hydrogen (secondary N) is 1. The summed E-state index contributed by atoms with van der Waals surface area (Å²) in [5.74, 6) is 2.94. The smallest absolute Gasteiger partial charge is 0.410 e. The summed E-state index contributed by atoms with van der Waals surface area (Å²) in [5, 5.41) is 2.94. The van der Waals surface area contributed by atoms with E-state index in [9.17, 15) is 9.59 Å². The summed E-state index contributed by atoms with van der Waals surface area (Å²) >= 11 is 2.90. The molecule has 0 heterocycles. The number of hydrogen-bond donors (Lipinski definition) is 1. The molecule has 0 saturated heterocycles. The minimum Gasteiger partial charge on any atom is -0.436 e. The van der Waals surface area contributed by atoms with Gasteiger partial charge in [0.25, 0.3) is 0 Å². The third kappa shape index (κ3) is 10.2. The van der Waals surface area contributed by atoms with Crippen LogP contribution in [0.15, 0.2) is 0 Å². The van der Waals surface area contributed by atoms with Crippen LogP contribution in [0.2, 0.25) is 0 Å². The van der Waals surface area contributed by atoms with E-state index < -0.39 is 6.09 Å². The van der Waals surface area contributed by atoms with E-state index in [0.717, 1.165) is 12.8 Å². The molecule has 21 heavy (non-hydrogen) atoms. The van der Waals surface area contributed by atoms with Gasteiger partial charge in [0.15, 0.2) is 6.61 Å². The largest absolute Gasteiger partial charge is 0.436 e. The van der Waals surface area contributed by atoms with E-state index in [1.165, 1.54) is 11.9 Å². The topological polar surface area (TPSA) is 58.6 Å². The molecule has 0 radical (unpaired) electrons. The summed E-state index contributed by atoms with van der Waals surface area (Å²) in [7, 11) is 1.52. The van der Waals surface area contributed by atoms with Crippen LogP contribution in [0.3, 0.4) is 0 Å². The van der Waals surface area contributed by atoms with Gasteiger partial charge in [-0.05, 0) is 43.4 Å². The van der Waals surface area contributed by atoms with Crippen LogP contribution in [0, 0.1) is 16.7 Å². The molecule has 0 rings (SSSR count). The quantitative estimate of drug-likeness (QED) is 0.710. The van der Waals surface area contributed by atoms with Crippen molar-refractivity contribution >= 4 is 27.9 Å². The molecule has 2 amide bonds. The predicted molar refractivity (Wildman–Crippen MR) is 87.0 cm³/mol. The fraction of sp³-hybridized carbons (Fsp3) is 0.733. The standard InChI is InChI=1S/C15H25BrN2O3/c1-12(2)7-8-15(3,4)17-13(19)11-18(5)14(20)21-10-6-9-16/h12H,7-8,10-11H2,1-5H3,(H,17,19). The lowest BCUT2D eigenvalue weighted by atomic mass is 9.94. The summed E-state index contributed by atoms with van der Waals surface area (Å²) in [6, 6.07) is 0. The molecule has 0 saturated carbocycles. The van der Waals surface area contributed by atoms with Gasteiger partial charge in [-0.3, -0.25) is 4.79 Å². The highest BCUT2D eigenvalue weighted by Gasteiger charge is 2.22. The summed E-state index contributed by atoms with van der Waals surface area (Å²) in [4.78, 5) is 27.2. The van der Waals surface area contributed by atoms with Crippen molar-refractivity contribution in [1.29, 1.82) is 0 Å². The maximum Gasteiger partial charge on any atom is 0.410 e. The molecular weight excluding hydrogens is 336 g/mol. The Morgan fingerprint density at radius 1 is 1.38 bits per heavy atom. The molecule has 0 aromatic rings. The summed E-state index contributed by atoms with van der Waals surface area (Å²) < 4.78 is 4.86. The fourth-order valence-electron chi connectivity index (χ4n) is 1.64. The second-order valence-electron chi connectivity index (χ2n) is 6.05. The minimum atomic E-state index is -0.569. The first-order valence-corrected chi connectivity index (χ1v) is 7.74. The second-order valence-corrected chi connectivity index (χ2v) is 6.44. The maximum atomic E-state index is 12.0. The molecule has 6 heteroatoms. The van der Waals surface area contributed by atoms with Gasteiger partial charge in [-0.25, -0.2) is 4.79 Å². The SMILES string of the molecule is CC(C)CCC(C)(C)NC(=O)CN(C)C(=O)OCC#CBr. The zero-order valence-electron chi connectivity index (χ0n) is 13.5. The van der Waals surface area contributed by atoms with Gasteiger partial charge in [0.05, 0.1) is 0 Å². The first kappa shape index (κ1) is 19.8. The van der Waals surface area contributed by atoms with Crippen molar-refractivity contribution in [2.24, 2.45) is 5.92 Å². The van der Waals surface area contributed by atoms with Crippen molar-refractivity contribution in [3.8, 4) is 10.8 Å². The number of carbonyl (C=O) groups excluding carboxylic acids is 2. The Morgan fingerprint density at radius 3 is 2.52 bits per heavy atom. The van der Waals surface area contributed by atoms with E-state index in [0.29, 0.717) is 5.92 Å². The lowest BCUT2D eigenvalue weighted by Crippen LogP contribution is -2.48. The van der Waals surface area contributed by atoms with Crippen molar-refractivity contribution in [1.82, 2.24) is 10.2 Å². The van der Waals surface area contributed by atoms with Crippen molar-refractivity contribution in [3.63, 3.8) is 0 Å². The van der Waals surface area contributed by atoms with Crippen LogP contribution in [0.5, 0.6) is 0 Å². The van der Waals surface area contributed by atoms with Crippen molar-refractivity contribution in [3.05, 3.63) is 0 Å². The molecule has 5 nitrogen and oxygen atoms in total. The zero-order valence-corrected chi connectivity index (χ0v) is 15.0. The third-order valence-electron chi connectivity index (χ3n) is 2.85. The van der Waals surface area contributed by atoms with Gasteiger partial charge in [-0.15, -0.1) is 0 Å². The van der Waals surface area contributed by atoms with Crippen molar-refractivity contribution < 1.29 is 14.3 Å². The Hall–Kier alpha value is -1.22. The molecule has 0 atom stereocenters. The molecule has 120 valence electrons. The second kappa shape index (κ2) is 9.67. The van der Waals surface area contributed by atoms with Gasteiger partial charge in [-0.1, -0.05) is 13.8 Å². The molecule has 0 fully saturated rings. The first-order valence-electron chi connectivity index (χ1n) is 6.95. The Labute approximate surface area is 135 Å². The van der Waals surface area contributed by atoms with Crippen molar-refractivity contribution in [2.45, 2.75) is 46.1 Å². The summed E-state index contributed by atoms with van der Waals surface area (Å²) in [5.41, 5.74) is -0.284. The van der Waals surface area contributed by atoms with E-state index in [1.54, 1.807) is 0 Å². The van der Waals surface area contributed by atoms with Crippen LogP contribution in [0.4, 0.5) is 4.79 Å². The Bertz CT molecular complexity index is 411. The zero-order chi connectivity index (χ0) is 16.5. The van der Waals surface area contributed by atoms with Crippen LogP contribution in [-0.4, -0.2) is 42.6 Å². The highest BCUT2D eigenvalue weighted by molar-refractivity contribution is 9.12. The van der Waals surface area contributed by atoms with Gasteiger partial charge in [0.1, 0.15) is 6.54 Å². The van der Waals surface area contributed by atoms with Crippen LogP contribution in [0.25, 0.3) is 0 Å². The molecule has 0 aliphatic rings. The number of hydrogen-bond acceptors (Lipinski definition) is 3. The Kier molecular flexibility index (Phi) is 9.11. The van der Waals surface area contributed by atoms with E-state index >= 15 is 0 Å². The van der Waals surface area contributed by atoms with Gasteiger partial charge >= 0.3 is 6.09 Å². The van der Waals surface area contributed by atoms with Crippen LogP contribution < -0.4 is 5.32 Å². The molecule has 0 spiro atoms. The lowest BCUT2D eigenvalue weighted by molar-refractivity contribution is -0.123. The van der Waals surface area contributed by atoms with Gasteiger partial charge < -0.3 is 15.0 Å². The Balaban J connectivity index is 4.21. The maximum absolute atomic E-state index is 12.0. The average Bonchev–Trinajstić information content (AvgIpc) is 2.35. The average molecular weight is 361 g/mol. The van der Waals surface area contributed by atoms with E-state index in [4.69, 9.17) is 4.74 Å². The number of carbonyl (C=O) groups is 2. The normalized spacial score (nSPS) is 10.6. The number of halogens is 1. The lowest BCUT2D eigenvalue weighted by Gasteiger charge is -2.28. The number of likely N-dealkylation sites (N-methyl/N-ethyl adjacent to an activating group) is 1. The first-order chi connectivity index (χ1) is 9.68. The molecular formula is C15H25BrN2O3. The number of nitrogens with zero attached hydrogens (tertiary/aromatic N) is 1. The highest BCUT2D eigenvalue weighted by atomic mass is 79.9. The van der Waals surface area contributed by atoms with Crippen LogP contribution in [-0.2, 0) is 9.53 Å².